The Hall–Kier alpha value is -2.34. The standard InChI is InChI=1S/C20H16N3O2PS2/c1-25-14-6-4-5-13(11-14)12-18(24)26-19-22-23-20(28-19)27-17-9-10-21-16-8-3-2-7-15(16)17/h2-11,26H,12H2,1H3. The summed E-state index contributed by atoms with van der Waals surface area (Å²) in [6.45, 7) is 0. The molecule has 8 heteroatoms. The van der Waals surface area contributed by atoms with Gasteiger partial charge >= 0.3 is 0 Å². The first kappa shape index (κ1) is 19.0. The van der Waals surface area contributed by atoms with E-state index >= 15 is 0 Å². The summed E-state index contributed by atoms with van der Waals surface area (Å²) in [7, 11) is 1.62. The van der Waals surface area contributed by atoms with E-state index in [1.54, 1.807) is 25.1 Å². The molecule has 1 unspecified atom stereocenters. The molecule has 0 spiro atoms. The monoisotopic (exact) mass is 425 g/mol. The number of nitrogens with zero attached hydrogens (tertiary/aromatic N) is 3. The van der Waals surface area contributed by atoms with Crippen molar-refractivity contribution in [3.63, 3.8) is 0 Å². The number of carbonyl (C=O) groups is 1. The molecular weight excluding hydrogens is 409 g/mol. The largest absolute Gasteiger partial charge is 0.497 e. The fraction of sp³-hybridized carbons (Fsp3) is 0.100. The molecule has 0 saturated carbocycles. The van der Waals surface area contributed by atoms with Gasteiger partial charge in [-0.3, -0.25) is 9.78 Å². The van der Waals surface area contributed by atoms with E-state index in [0.717, 1.165) is 36.2 Å². The molecule has 0 aliphatic heterocycles. The minimum absolute atomic E-state index is 0.00354. The molecule has 2 aromatic carbocycles. The Labute approximate surface area is 172 Å². The third kappa shape index (κ3) is 4.55. The predicted molar refractivity (Wildman–Crippen MR) is 115 cm³/mol. The average Bonchev–Trinajstić information content (AvgIpc) is 3.15. The number of benzene rings is 2. The molecule has 0 N–H and O–H groups in total. The van der Waals surface area contributed by atoms with Gasteiger partial charge in [0.1, 0.15) is 10.5 Å². The van der Waals surface area contributed by atoms with E-state index in [-0.39, 0.29) is 14.1 Å². The Morgan fingerprint density at radius 2 is 2.04 bits per heavy atom. The molecule has 28 heavy (non-hydrogen) atoms. The number of hydrogen-bond acceptors (Lipinski definition) is 7. The zero-order valence-electron chi connectivity index (χ0n) is 15.0. The lowest BCUT2D eigenvalue weighted by molar-refractivity contribution is -0.110. The lowest BCUT2D eigenvalue weighted by Gasteiger charge is -2.03. The number of pyridine rings is 1. The predicted octanol–water partition coefficient (Wildman–Crippen LogP) is 4.32. The molecule has 0 aliphatic carbocycles. The van der Waals surface area contributed by atoms with Gasteiger partial charge in [0, 0.05) is 31.5 Å². The highest BCUT2D eigenvalue weighted by Crippen LogP contribution is 2.34. The van der Waals surface area contributed by atoms with Crippen molar-refractivity contribution in [3.05, 3.63) is 66.4 Å². The van der Waals surface area contributed by atoms with Crippen LogP contribution in [0.15, 0.2) is 70.0 Å². The average molecular weight is 425 g/mol. The second-order valence-electron chi connectivity index (χ2n) is 5.88. The minimum atomic E-state index is 0.00354. The van der Waals surface area contributed by atoms with Gasteiger partial charge in [-0.2, -0.15) is 0 Å². The number of aromatic nitrogens is 3. The van der Waals surface area contributed by atoms with Gasteiger partial charge in [0.15, 0.2) is 9.86 Å². The van der Waals surface area contributed by atoms with E-state index in [1.807, 2.05) is 54.6 Å². The van der Waals surface area contributed by atoms with Gasteiger partial charge in [-0.25, -0.2) is 0 Å². The van der Waals surface area contributed by atoms with Crippen molar-refractivity contribution in [2.75, 3.05) is 7.11 Å². The van der Waals surface area contributed by atoms with Crippen LogP contribution in [-0.4, -0.2) is 27.8 Å². The van der Waals surface area contributed by atoms with Crippen LogP contribution in [0.2, 0.25) is 0 Å². The van der Waals surface area contributed by atoms with Crippen molar-refractivity contribution in [1.82, 2.24) is 15.2 Å². The van der Waals surface area contributed by atoms with E-state index in [2.05, 4.69) is 15.2 Å². The molecule has 5 nitrogen and oxygen atoms in total. The maximum atomic E-state index is 12.4. The number of para-hydroxylation sites is 1. The Balaban J connectivity index is 1.43. The Kier molecular flexibility index (Phi) is 5.95. The van der Waals surface area contributed by atoms with E-state index in [4.69, 9.17) is 4.74 Å². The quantitative estimate of drug-likeness (QED) is 0.411. The maximum absolute atomic E-state index is 12.4. The van der Waals surface area contributed by atoms with Gasteiger partial charge in [0.25, 0.3) is 0 Å². The first-order chi connectivity index (χ1) is 13.7. The summed E-state index contributed by atoms with van der Waals surface area (Å²) in [6, 6.07) is 17.6. The summed E-state index contributed by atoms with van der Waals surface area (Å²) in [6.07, 6.45) is 2.17. The number of rotatable bonds is 7. The summed E-state index contributed by atoms with van der Waals surface area (Å²) >= 11 is 3.03. The van der Waals surface area contributed by atoms with Crippen LogP contribution in [0.25, 0.3) is 10.9 Å². The number of carbonyl (C=O) groups excluding carboxylic acids is 1. The molecule has 1 atom stereocenters. The smallest absolute Gasteiger partial charge is 0.179 e. The molecule has 0 aliphatic rings. The normalized spacial score (nSPS) is 11.3. The van der Waals surface area contributed by atoms with Crippen molar-refractivity contribution in [2.24, 2.45) is 0 Å². The highest BCUT2D eigenvalue weighted by Gasteiger charge is 2.13. The zero-order chi connectivity index (χ0) is 19.3. The molecule has 140 valence electrons. The molecule has 0 radical (unpaired) electrons. The summed E-state index contributed by atoms with van der Waals surface area (Å²) in [4.78, 5) is 17.9. The second-order valence-corrected chi connectivity index (χ2v) is 9.79. The van der Waals surface area contributed by atoms with E-state index in [0.29, 0.717) is 6.42 Å². The molecule has 0 amide bonds. The fourth-order valence-corrected chi connectivity index (χ4v) is 6.06. The van der Waals surface area contributed by atoms with Gasteiger partial charge in [-0.05, 0) is 29.8 Å². The summed E-state index contributed by atoms with van der Waals surface area (Å²) in [5, 5.41) is 9.54. The zero-order valence-corrected chi connectivity index (χ0v) is 17.6. The van der Waals surface area contributed by atoms with Crippen molar-refractivity contribution < 1.29 is 9.53 Å². The van der Waals surface area contributed by atoms with Crippen LogP contribution in [0.1, 0.15) is 5.56 Å². The molecule has 0 fully saturated rings. The highest BCUT2D eigenvalue weighted by atomic mass is 32.2. The maximum Gasteiger partial charge on any atom is 0.179 e. The van der Waals surface area contributed by atoms with Crippen molar-refractivity contribution in [1.29, 1.82) is 0 Å². The molecule has 2 heterocycles. The van der Waals surface area contributed by atoms with E-state index in [9.17, 15) is 4.79 Å². The molecule has 0 saturated heterocycles. The van der Waals surface area contributed by atoms with Crippen LogP contribution in [0.4, 0.5) is 0 Å². The minimum Gasteiger partial charge on any atom is -0.497 e. The molecule has 4 rings (SSSR count). The summed E-state index contributed by atoms with van der Waals surface area (Å²) < 4.78 is 6.79. The van der Waals surface area contributed by atoms with Crippen LogP contribution < -0.4 is 9.49 Å². The molecule has 0 bridgehead atoms. The summed E-state index contributed by atoms with van der Waals surface area (Å²) in [5.41, 5.74) is 2.03. The first-order valence-electron chi connectivity index (χ1n) is 8.49. The highest BCUT2D eigenvalue weighted by molar-refractivity contribution is 8.01. The topological polar surface area (TPSA) is 65.0 Å². The number of fused-ring (bicyclic) bond motifs is 1. The molecular formula is C20H16N3O2PS2. The van der Waals surface area contributed by atoms with Gasteiger partial charge < -0.3 is 4.74 Å². The second kappa shape index (κ2) is 8.78. The lowest BCUT2D eigenvalue weighted by atomic mass is 10.1. The number of hydrogen-bond donors (Lipinski definition) is 0. The summed E-state index contributed by atoms with van der Waals surface area (Å²) in [5.74, 6) is 0.757. The Bertz CT molecular complexity index is 1130. The van der Waals surface area contributed by atoms with Crippen LogP contribution in [0.3, 0.4) is 0 Å². The third-order valence-electron chi connectivity index (χ3n) is 3.96. The molecule has 4 aromatic rings. The SMILES string of the molecule is COc1cccc(CC(=O)Pc2nnc(Sc3ccnc4ccccc34)s2)c1. The Morgan fingerprint density at radius 3 is 2.93 bits per heavy atom. The van der Waals surface area contributed by atoms with Crippen LogP contribution in [0, 0.1) is 0 Å². The van der Waals surface area contributed by atoms with E-state index < -0.39 is 0 Å². The lowest BCUT2D eigenvalue weighted by Crippen LogP contribution is -2.02. The fourth-order valence-electron chi connectivity index (χ4n) is 2.69. The van der Waals surface area contributed by atoms with Gasteiger partial charge in [0.05, 0.1) is 12.6 Å². The van der Waals surface area contributed by atoms with Gasteiger partial charge in [-0.15, -0.1) is 10.2 Å². The van der Waals surface area contributed by atoms with Gasteiger partial charge in [-0.1, -0.05) is 53.4 Å². The first-order valence-corrected chi connectivity index (χ1v) is 11.1. The van der Waals surface area contributed by atoms with Crippen molar-refractivity contribution >= 4 is 52.9 Å². The van der Waals surface area contributed by atoms with Crippen molar-refractivity contribution in [2.45, 2.75) is 15.7 Å². The Morgan fingerprint density at radius 1 is 1.14 bits per heavy atom. The van der Waals surface area contributed by atoms with Crippen LogP contribution >= 0.6 is 31.7 Å². The van der Waals surface area contributed by atoms with Crippen molar-refractivity contribution in [3.8, 4) is 5.75 Å². The van der Waals surface area contributed by atoms with E-state index in [1.165, 1.54) is 11.3 Å². The molecule has 2 aromatic heterocycles. The van der Waals surface area contributed by atoms with Crippen LogP contribution in [0.5, 0.6) is 5.75 Å². The number of ether oxygens (including phenoxy) is 1. The third-order valence-corrected chi connectivity index (χ3v) is 7.20. The van der Waals surface area contributed by atoms with Crippen LogP contribution in [-0.2, 0) is 11.2 Å². The van der Waals surface area contributed by atoms with Gasteiger partial charge in [0.2, 0.25) is 0 Å². The number of methoxy groups -OCH3 is 1.